The van der Waals surface area contributed by atoms with E-state index < -0.39 is 12.5 Å². The zero-order valence-corrected chi connectivity index (χ0v) is 17.0. The van der Waals surface area contributed by atoms with Crippen LogP contribution in [0, 0.1) is 5.92 Å². The average Bonchev–Trinajstić information content (AvgIpc) is 3.41. The van der Waals surface area contributed by atoms with E-state index >= 15 is 0 Å². The molecule has 1 heterocycles. The van der Waals surface area contributed by atoms with Gasteiger partial charge in [-0.2, -0.15) is 8.78 Å². The number of carbonyl (C=O) groups excluding carboxylic acids is 1. The van der Waals surface area contributed by atoms with Gasteiger partial charge < -0.3 is 14.8 Å². The van der Waals surface area contributed by atoms with Crippen LogP contribution in [-0.4, -0.2) is 24.1 Å². The third-order valence-electron chi connectivity index (χ3n) is 3.69. The van der Waals surface area contributed by atoms with E-state index in [1.54, 1.807) is 0 Å². The number of nitrogens with zero attached hydrogens (tertiary/aromatic N) is 1. The molecule has 0 spiro atoms. The molecule has 0 radical (unpaired) electrons. The van der Waals surface area contributed by atoms with Gasteiger partial charge in [-0.15, -0.1) is 17.0 Å². The number of amides is 1. The molecule has 5 nitrogen and oxygen atoms in total. The molecule has 0 aliphatic heterocycles. The van der Waals surface area contributed by atoms with E-state index in [1.165, 1.54) is 30.6 Å². The molecule has 10 heteroatoms. The SMILES string of the molecule is Br.O=C(Nc1c(Cl)cncc1Cl)c1ccc(OC(F)F)c(OCC2CC2)c1. The Balaban J connectivity index is 0.00000261. The van der Waals surface area contributed by atoms with E-state index in [0.29, 0.717) is 12.5 Å². The average molecular weight is 484 g/mol. The van der Waals surface area contributed by atoms with Gasteiger partial charge in [-0.05, 0) is 37.0 Å². The summed E-state index contributed by atoms with van der Waals surface area (Å²) in [6.45, 7) is -2.61. The molecule has 1 N–H and O–H groups in total. The van der Waals surface area contributed by atoms with Gasteiger partial charge in [0.2, 0.25) is 0 Å². The van der Waals surface area contributed by atoms with Crippen LogP contribution in [0.1, 0.15) is 23.2 Å². The van der Waals surface area contributed by atoms with Crippen LogP contribution in [0.5, 0.6) is 11.5 Å². The third-order valence-corrected chi connectivity index (χ3v) is 4.26. The van der Waals surface area contributed by atoms with Crippen LogP contribution in [0.15, 0.2) is 30.6 Å². The molecule has 0 bridgehead atoms. The molecule has 1 aromatic heterocycles. The van der Waals surface area contributed by atoms with Crippen molar-refractivity contribution in [2.24, 2.45) is 5.92 Å². The van der Waals surface area contributed by atoms with Gasteiger partial charge in [0.05, 0.1) is 22.3 Å². The quantitative estimate of drug-likeness (QED) is 0.556. The molecule has 0 atom stereocenters. The topological polar surface area (TPSA) is 60.5 Å². The highest BCUT2D eigenvalue weighted by molar-refractivity contribution is 8.93. The van der Waals surface area contributed by atoms with Crippen molar-refractivity contribution in [3.8, 4) is 11.5 Å². The molecule has 2 aromatic rings. The number of nitrogens with one attached hydrogen (secondary N) is 1. The molecule has 1 saturated carbocycles. The maximum atomic E-state index is 12.6. The lowest BCUT2D eigenvalue weighted by atomic mass is 10.2. The number of hydrogen-bond donors (Lipinski definition) is 1. The summed E-state index contributed by atoms with van der Waals surface area (Å²) in [5.41, 5.74) is 0.392. The number of aromatic nitrogens is 1. The largest absolute Gasteiger partial charge is 0.489 e. The van der Waals surface area contributed by atoms with Gasteiger partial charge in [-0.1, -0.05) is 23.2 Å². The lowest BCUT2D eigenvalue weighted by Crippen LogP contribution is -2.14. The van der Waals surface area contributed by atoms with Crippen molar-refractivity contribution < 1.29 is 23.0 Å². The van der Waals surface area contributed by atoms with Crippen LogP contribution < -0.4 is 14.8 Å². The molecule has 0 unspecified atom stereocenters. The second kappa shape index (κ2) is 9.52. The summed E-state index contributed by atoms with van der Waals surface area (Å²) in [5, 5.41) is 2.92. The van der Waals surface area contributed by atoms with Crippen LogP contribution >= 0.6 is 40.2 Å². The first-order valence-corrected chi connectivity index (χ1v) is 8.51. The number of anilines is 1. The zero-order valence-electron chi connectivity index (χ0n) is 13.8. The van der Waals surface area contributed by atoms with Gasteiger partial charge in [-0.3, -0.25) is 9.78 Å². The van der Waals surface area contributed by atoms with Crippen LogP contribution in [0.4, 0.5) is 14.5 Å². The lowest BCUT2D eigenvalue weighted by molar-refractivity contribution is -0.0515. The normalized spacial score (nSPS) is 13.1. The number of ether oxygens (including phenoxy) is 2. The first-order valence-electron chi connectivity index (χ1n) is 7.76. The van der Waals surface area contributed by atoms with Crippen LogP contribution in [0.2, 0.25) is 10.0 Å². The summed E-state index contributed by atoms with van der Waals surface area (Å²) in [5.74, 6) is -0.171. The second-order valence-corrected chi connectivity index (χ2v) is 6.54. The zero-order chi connectivity index (χ0) is 18.7. The van der Waals surface area contributed by atoms with Crippen molar-refractivity contribution in [3.63, 3.8) is 0 Å². The number of alkyl halides is 2. The van der Waals surface area contributed by atoms with Crippen molar-refractivity contribution >= 4 is 51.8 Å². The minimum absolute atomic E-state index is 0. The highest BCUT2D eigenvalue weighted by atomic mass is 79.9. The molecule has 1 aliphatic rings. The number of rotatable bonds is 7. The number of pyridine rings is 1. The summed E-state index contributed by atoms with van der Waals surface area (Å²) in [6.07, 6.45) is 4.74. The Labute approximate surface area is 174 Å². The lowest BCUT2D eigenvalue weighted by Gasteiger charge is -2.14. The minimum Gasteiger partial charge on any atom is -0.489 e. The highest BCUT2D eigenvalue weighted by Gasteiger charge is 2.23. The van der Waals surface area contributed by atoms with Gasteiger partial charge in [0.1, 0.15) is 0 Å². The van der Waals surface area contributed by atoms with Gasteiger partial charge in [-0.25, -0.2) is 0 Å². The maximum Gasteiger partial charge on any atom is 0.387 e. The predicted molar refractivity (Wildman–Crippen MR) is 104 cm³/mol. The summed E-state index contributed by atoms with van der Waals surface area (Å²) in [4.78, 5) is 16.3. The Morgan fingerprint density at radius 3 is 2.48 bits per heavy atom. The van der Waals surface area contributed by atoms with Crippen LogP contribution in [0.25, 0.3) is 0 Å². The van der Waals surface area contributed by atoms with Crippen LogP contribution in [0.3, 0.4) is 0 Å². The minimum atomic E-state index is -2.99. The van der Waals surface area contributed by atoms with E-state index in [-0.39, 0.29) is 49.8 Å². The molecule has 1 amide bonds. The van der Waals surface area contributed by atoms with Crippen LogP contribution in [-0.2, 0) is 0 Å². The molecule has 0 saturated heterocycles. The standard InChI is InChI=1S/C17H14Cl2F2N2O3.BrH/c18-11-6-22-7-12(19)15(11)23-16(24)10-3-4-13(26-17(20)21)14(5-10)25-8-9-1-2-9;/h3-7,9,17H,1-2,8H2,(H,22,23,24);1H. The number of carbonyl (C=O) groups is 1. The summed E-state index contributed by atoms with van der Waals surface area (Å²) in [7, 11) is 0. The van der Waals surface area contributed by atoms with E-state index in [0.717, 1.165) is 12.8 Å². The molecular formula is C17H15BrCl2F2N2O3. The monoisotopic (exact) mass is 482 g/mol. The molecule has 1 aliphatic carbocycles. The maximum absolute atomic E-state index is 12.6. The first-order chi connectivity index (χ1) is 12.4. The van der Waals surface area contributed by atoms with Gasteiger partial charge >= 0.3 is 6.61 Å². The summed E-state index contributed by atoms with van der Waals surface area (Å²) < 4.78 is 35.1. The van der Waals surface area contributed by atoms with Crippen molar-refractivity contribution in [3.05, 3.63) is 46.2 Å². The van der Waals surface area contributed by atoms with Crippen molar-refractivity contribution in [1.29, 1.82) is 0 Å². The third kappa shape index (κ3) is 5.92. The summed E-state index contributed by atoms with van der Waals surface area (Å²) in [6, 6.07) is 3.96. The van der Waals surface area contributed by atoms with E-state index in [2.05, 4.69) is 15.0 Å². The number of hydrogen-bond acceptors (Lipinski definition) is 4. The fourth-order valence-electron chi connectivity index (χ4n) is 2.16. The second-order valence-electron chi connectivity index (χ2n) is 5.73. The predicted octanol–water partition coefficient (Wildman–Crippen LogP) is 5.61. The molecule has 27 heavy (non-hydrogen) atoms. The van der Waals surface area contributed by atoms with Gasteiger partial charge in [0.25, 0.3) is 5.91 Å². The van der Waals surface area contributed by atoms with E-state index in [4.69, 9.17) is 27.9 Å². The van der Waals surface area contributed by atoms with E-state index in [9.17, 15) is 13.6 Å². The Bertz CT molecular complexity index is 803. The van der Waals surface area contributed by atoms with Gasteiger partial charge in [0, 0.05) is 18.0 Å². The Morgan fingerprint density at radius 2 is 1.89 bits per heavy atom. The molecule has 146 valence electrons. The van der Waals surface area contributed by atoms with E-state index in [1.807, 2.05) is 0 Å². The fraction of sp³-hybridized carbons (Fsp3) is 0.294. The Hall–Kier alpha value is -1.64. The molecule has 1 aromatic carbocycles. The number of halogens is 5. The van der Waals surface area contributed by atoms with Crippen molar-refractivity contribution in [2.45, 2.75) is 19.5 Å². The Morgan fingerprint density at radius 1 is 1.22 bits per heavy atom. The smallest absolute Gasteiger partial charge is 0.387 e. The first kappa shape index (κ1) is 21.7. The fourth-order valence-corrected chi connectivity index (χ4v) is 2.62. The highest BCUT2D eigenvalue weighted by Crippen LogP contribution is 2.35. The molecular weight excluding hydrogens is 469 g/mol. The van der Waals surface area contributed by atoms with Crippen molar-refractivity contribution in [2.75, 3.05) is 11.9 Å². The number of benzene rings is 1. The molecule has 3 rings (SSSR count). The van der Waals surface area contributed by atoms with Crippen molar-refractivity contribution in [1.82, 2.24) is 4.98 Å². The molecule has 1 fully saturated rings. The summed E-state index contributed by atoms with van der Waals surface area (Å²) >= 11 is 12.0. The van der Waals surface area contributed by atoms with Gasteiger partial charge in [0.15, 0.2) is 11.5 Å². The Kier molecular flexibility index (Phi) is 7.64.